The summed E-state index contributed by atoms with van der Waals surface area (Å²) in [4.78, 5) is 25.6. The van der Waals surface area contributed by atoms with Gasteiger partial charge >= 0.3 is 6.09 Å². The monoisotopic (exact) mass is 636 g/mol. The first-order valence-electron chi connectivity index (χ1n) is 14.7. The number of aliphatic hydroxyl groups is 1. The summed E-state index contributed by atoms with van der Waals surface area (Å²) in [5.74, 6) is -1.25. The Bertz CT molecular complexity index is 1880. The van der Waals surface area contributed by atoms with E-state index >= 15 is 8.78 Å². The molecule has 4 heterocycles. The Morgan fingerprint density at radius 3 is 2.67 bits per heavy atom. The molecule has 6 rings (SSSR count). The zero-order valence-corrected chi connectivity index (χ0v) is 26.7. The highest BCUT2D eigenvalue weighted by atomic mass is 32.1. The number of halogens is 2. The van der Waals surface area contributed by atoms with Crippen molar-refractivity contribution in [3.8, 4) is 17.2 Å². The molecular formula is C32H34F2N6O4S. The van der Waals surface area contributed by atoms with E-state index in [9.17, 15) is 15.2 Å². The molecule has 0 saturated carbocycles. The van der Waals surface area contributed by atoms with Crippen molar-refractivity contribution in [1.82, 2.24) is 14.9 Å². The summed E-state index contributed by atoms with van der Waals surface area (Å²) >= 11 is 1.07. The van der Waals surface area contributed by atoms with E-state index in [1.165, 1.54) is 12.1 Å². The third kappa shape index (κ3) is 5.46. The molecule has 45 heavy (non-hydrogen) atoms. The number of anilines is 2. The van der Waals surface area contributed by atoms with Gasteiger partial charge < -0.3 is 19.5 Å². The van der Waals surface area contributed by atoms with Crippen LogP contribution in [0.2, 0.25) is 0 Å². The van der Waals surface area contributed by atoms with Crippen molar-refractivity contribution in [2.45, 2.75) is 71.6 Å². The lowest BCUT2D eigenvalue weighted by Crippen LogP contribution is -2.44. The van der Waals surface area contributed by atoms with Gasteiger partial charge in [0.25, 0.3) is 0 Å². The first-order chi connectivity index (χ1) is 21.3. The molecule has 1 saturated heterocycles. The van der Waals surface area contributed by atoms with Crippen molar-refractivity contribution >= 4 is 49.4 Å². The van der Waals surface area contributed by atoms with E-state index in [4.69, 9.17) is 9.47 Å². The van der Waals surface area contributed by atoms with Crippen LogP contribution in [0.5, 0.6) is 0 Å². The maximum atomic E-state index is 16.9. The number of ether oxygens (including phenoxy) is 2. The highest BCUT2D eigenvalue weighted by Crippen LogP contribution is 2.47. The maximum absolute atomic E-state index is 16.9. The van der Waals surface area contributed by atoms with Gasteiger partial charge in [0.1, 0.15) is 28.0 Å². The van der Waals surface area contributed by atoms with Gasteiger partial charge in [-0.2, -0.15) is 5.26 Å². The summed E-state index contributed by atoms with van der Waals surface area (Å²) < 4.78 is 44.3. The molecule has 0 radical (unpaired) electrons. The summed E-state index contributed by atoms with van der Waals surface area (Å²) in [6.45, 7) is 10.1. The van der Waals surface area contributed by atoms with Crippen molar-refractivity contribution in [2.75, 3.05) is 30.4 Å². The molecule has 2 aromatic heterocycles. The van der Waals surface area contributed by atoms with Crippen molar-refractivity contribution in [2.24, 2.45) is 0 Å². The number of carbonyl (C=O) groups is 1. The standard InChI is InChI=1S/C32H34F2N6O4S/c1-15(2)39(6)21-11-40(12-22(21)41)30-36-10-17-18-13-43-14-19(18)25(27(34)28(17)37-30)26-20(33)7-8-23-24(26)16(9-35)29(45-23)38-31(42)44-32(3,4)5/h7-8,10,15,21-22,41H,11-14H2,1-6H3,(H,38,42)/t21-,22-/m0/s1. The second-order valence-electron chi connectivity index (χ2n) is 12.7. The van der Waals surface area contributed by atoms with Crippen LogP contribution in [0.3, 0.4) is 0 Å². The molecule has 0 aliphatic carbocycles. The largest absolute Gasteiger partial charge is 0.444 e. The van der Waals surface area contributed by atoms with E-state index in [-0.39, 0.29) is 70.4 Å². The van der Waals surface area contributed by atoms with Gasteiger partial charge in [0.15, 0.2) is 5.82 Å². The highest BCUT2D eigenvalue weighted by molar-refractivity contribution is 7.23. The van der Waals surface area contributed by atoms with Crippen molar-refractivity contribution in [1.29, 1.82) is 5.26 Å². The number of fused-ring (bicyclic) bond motifs is 4. The Hall–Kier alpha value is -3.96. The van der Waals surface area contributed by atoms with E-state index < -0.39 is 29.4 Å². The molecule has 0 bridgehead atoms. The summed E-state index contributed by atoms with van der Waals surface area (Å²) in [5, 5.41) is 24.4. The molecule has 2 atom stereocenters. The van der Waals surface area contributed by atoms with Crippen LogP contribution in [0.1, 0.15) is 51.3 Å². The van der Waals surface area contributed by atoms with Crippen LogP contribution in [0, 0.1) is 23.0 Å². The number of hydrogen-bond donors (Lipinski definition) is 2. The fourth-order valence-corrected chi connectivity index (χ4v) is 7.08. The summed E-state index contributed by atoms with van der Waals surface area (Å²) in [6.07, 6.45) is 0.134. The van der Waals surface area contributed by atoms with Gasteiger partial charge in [0, 0.05) is 51.9 Å². The first kappa shape index (κ1) is 31.0. The number of aromatic nitrogens is 2. The number of aliphatic hydroxyl groups excluding tert-OH is 1. The number of β-amino-alcohol motifs (C(OH)–C–C–N with tert-alkyl or cyclic N) is 1. The van der Waals surface area contributed by atoms with Crippen LogP contribution in [-0.2, 0) is 22.7 Å². The van der Waals surface area contributed by atoms with E-state index in [0.717, 1.165) is 11.3 Å². The molecule has 1 amide bonds. The quantitative estimate of drug-likeness (QED) is 0.274. The number of carbonyl (C=O) groups excluding carboxylic acids is 1. The second kappa shape index (κ2) is 11.4. The lowest BCUT2D eigenvalue weighted by atomic mass is 9.90. The summed E-state index contributed by atoms with van der Waals surface area (Å²) in [6, 6.07) is 4.85. The number of nitrogens with zero attached hydrogens (tertiary/aromatic N) is 5. The third-order valence-corrected chi connectivity index (χ3v) is 9.42. The van der Waals surface area contributed by atoms with Crippen LogP contribution in [0.25, 0.3) is 32.1 Å². The SMILES string of the molecule is CC(C)N(C)[C@H]1CN(c2ncc3c4c(c(-c5c(F)ccc6sc(NC(=O)OC(C)(C)C)c(C#N)c56)c(F)c3n2)COC4)C[C@@H]1O. The molecule has 2 N–H and O–H groups in total. The average Bonchev–Trinajstić information content (AvgIpc) is 3.69. The Morgan fingerprint density at radius 1 is 1.24 bits per heavy atom. The van der Waals surface area contributed by atoms with E-state index in [1.807, 2.05) is 25.8 Å². The Balaban J connectivity index is 1.51. The number of hydrogen-bond acceptors (Lipinski definition) is 10. The number of thiophene rings is 1. The molecule has 2 aliphatic rings. The third-order valence-electron chi connectivity index (χ3n) is 8.35. The predicted molar refractivity (Wildman–Crippen MR) is 168 cm³/mol. The van der Waals surface area contributed by atoms with Crippen LogP contribution >= 0.6 is 11.3 Å². The molecule has 1 fully saturated rings. The van der Waals surface area contributed by atoms with Crippen LogP contribution in [0.4, 0.5) is 24.5 Å². The molecule has 236 valence electrons. The zero-order valence-electron chi connectivity index (χ0n) is 25.9. The minimum absolute atomic E-state index is 0.00253. The summed E-state index contributed by atoms with van der Waals surface area (Å²) in [7, 11) is 1.95. The normalized spacial score (nSPS) is 18.3. The molecule has 4 aromatic rings. The number of nitriles is 1. The number of likely N-dealkylation sites (N-methyl/N-ethyl adjacent to an activating group) is 1. The Kier molecular flexibility index (Phi) is 7.89. The molecule has 2 aliphatic heterocycles. The van der Waals surface area contributed by atoms with Crippen molar-refractivity contribution in [3.63, 3.8) is 0 Å². The minimum Gasteiger partial charge on any atom is -0.444 e. The number of benzene rings is 2. The summed E-state index contributed by atoms with van der Waals surface area (Å²) in [5.41, 5.74) is 0.162. The topological polar surface area (TPSA) is 124 Å². The fourth-order valence-electron chi connectivity index (χ4n) is 6.03. The van der Waals surface area contributed by atoms with E-state index in [1.54, 1.807) is 27.0 Å². The molecule has 0 unspecified atom stereocenters. The van der Waals surface area contributed by atoms with Crippen LogP contribution < -0.4 is 10.2 Å². The van der Waals surface area contributed by atoms with Gasteiger partial charge in [-0.05, 0) is 64.9 Å². The van der Waals surface area contributed by atoms with Crippen LogP contribution in [-0.4, -0.2) is 70.0 Å². The Labute approximate surface area is 263 Å². The van der Waals surface area contributed by atoms with E-state index in [0.29, 0.717) is 27.8 Å². The number of nitrogens with one attached hydrogen (secondary N) is 1. The first-order valence-corrected chi connectivity index (χ1v) is 15.5. The fraction of sp³-hybridized carbons (Fsp3) is 0.438. The van der Waals surface area contributed by atoms with Gasteiger partial charge in [-0.3, -0.25) is 10.2 Å². The van der Waals surface area contributed by atoms with E-state index in [2.05, 4.69) is 26.3 Å². The molecular weight excluding hydrogens is 602 g/mol. The lowest BCUT2D eigenvalue weighted by Gasteiger charge is -2.29. The van der Waals surface area contributed by atoms with Gasteiger partial charge in [-0.25, -0.2) is 23.5 Å². The highest BCUT2D eigenvalue weighted by Gasteiger charge is 2.37. The van der Waals surface area contributed by atoms with Gasteiger partial charge in [-0.15, -0.1) is 11.3 Å². The molecule has 13 heteroatoms. The lowest BCUT2D eigenvalue weighted by molar-refractivity contribution is 0.0636. The van der Waals surface area contributed by atoms with Gasteiger partial charge in [0.05, 0.1) is 30.9 Å². The molecule has 10 nitrogen and oxygen atoms in total. The number of amides is 1. The zero-order chi connectivity index (χ0) is 32.4. The van der Waals surface area contributed by atoms with Crippen molar-refractivity contribution in [3.05, 3.63) is 46.7 Å². The van der Waals surface area contributed by atoms with Gasteiger partial charge in [-0.1, -0.05) is 0 Å². The average molecular weight is 637 g/mol. The maximum Gasteiger partial charge on any atom is 0.412 e. The predicted octanol–water partition coefficient (Wildman–Crippen LogP) is 5.93. The Morgan fingerprint density at radius 2 is 1.98 bits per heavy atom. The smallest absolute Gasteiger partial charge is 0.412 e. The number of rotatable bonds is 5. The van der Waals surface area contributed by atoms with Crippen LogP contribution in [0.15, 0.2) is 18.3 Å². The minimum atomic E-state index is -0.779. The molecule has 2 aromatic carbocycles. The van der Waals surface area contributed by atoms with Crippen molar-refractivity contribution < 1.29 is 28.2 Å². The van der Waals surface area contributed by atoms with Gasteiger partial charge in [0.2, 0.25) is 5.95 Å². The molecule has 0 spiro atoms. The second-order valence-corrected chi connectivity index (χ2v) is 13.8.